The molecular formula is C20H16FN3O. The minimum atomic E-state index is -0.264. The van der Waals surface area contributed by atoms with E-state index in [-0.39, 0.29) is 5.82 Å². The Balaban J connectivity index is 1.98. The van der Waals surface area contributed by atoms with Gasteiger partial charge in [-0.25, -0.2) is 13.9 Å². The van der Waals surface area contributed by atoms with E-state index in [2.05, 4.69) is 4.98 Å². The summed E-state index contributed by atoms with van der Waals surface area (Å²) in [5, 5.41) is 4.71. The van der Waals surface area contributed by atoms with Crippen LogP contribution in [0.1, 0.15) is 5.69 Å². The number of benzene rings is 2. The molecule has 0 atom stereocenters. The number of nitrogens with zero attached hydrogens (tertiary/aromatic N) is 3. The molecule has 4 rings (SSSR count). The van der Waals surface area contributed by atoms with Gasteiger partial charge in [-0.1, -0.05) is 30.3 Å². The van der Waals surface area contributed by atoms with Crippen molar-refractivity contribution in [2.45, 2.75) is 6.61 Å². The van der Waals surface area contributed by atoms with Crippen LogP contribution in [0.5, 0.6) is 0 Å². The summed E-state index contributed by atoms with van der Waals surface area (Å²) >= 11 is 0. The molecule has 2 aromatic heterocycles. The Hall–Kier alpha value is -3.05. The van der Waals surface area contributed by atoms with Gasteiger partial charge in [-0.15, -0.1) is 0 Å². The lowest BCUT2D eigenvalue weighted by molar-refractivity contribution is 0.181. The van der Waals surface area contributed by atoms with Crippen molar-refractivity contribution < 1.29 is 9.13 Å². The van der Waals surface area contributed by atoms with Crippen LogP contribution in [0, 0.1) is 5.82 Å². The third-order valence-corrected chi connectivity index (χ3v) is 4.07. The summed E-state index contributed by atoms with van der Waals surface area (Å²) in [4.78, 5) is 4.53. The first-order valence-electron chi connectivity index (χ1n) is 7.95. The highest BCUT2D eigenvalue weighted by atomic mass is 19.1. The molecule has 0 fully saturated rings. The molecule has 5 heteroatoms. The van der Waals surface area contributed by atoms with Crippen molar-refractivity contribution in [3.63, 3.8) is 0 Å². The summed E-state index contributed by atoms with van der Waals surface area (Å²) < 4.78 is 20.4. The molecule has 0 aliphatic heterocycles. The van der Waals surface area contributed by atoms with Crippen molar-refractivity contribution in [3.8, 4) is 22.4 Å². The normalized spacial score (nSPS) is 11.1. The van der Waals surface area contributed by atoms with Gasteiger partial charge in [-0.3, -0.25) is 0 Å². The Morgan fingerprint density at radius 1 is 0.960 bits per heavy atom. The summed E-state index contributed by atoms with van der Waals surface area (Å²) in [5.41, 5.74) is 5.28. The van der Waals surface area contributed by atoms with Crippen molar-refractivity contribution in [2.24, 2.45) is 0 Å². The highest BCUT2D eigenvalue weighted by molar-refractivity contribution is 5.81. The number of halogens is 1. The predicted molar refractivity (Wildman–Crippen MR) is 94.5 cm³/mol. The van der Waals surface area contributed by atoms with E-state index in [1.807, 2.05) is 36.4 Å². The van der Waals surface area contributed by atoms with Crippen LogP contribution in [0.4, 0.5) is 4.39 Å². The van der Waals surface area contributed by atoms with Crippen LogP contribution >= 0.6 is 0 Å². The fourth-order valence-corrected chi connectivity index (χ4v) is 2.97. The molecule has 25 heavy (non-hydrogen) atoms. The first kappa shape index (κ1) is 15.5. The number of rotatable bonds is 4. The highest BCUT2D eigenvalue weighted by Crippen LogP contribution is 2.30. The van der Waals surface area contributed by atoms with Gasteiger partial charge < -0.3 is 4.74 Å². The second-order valence-corrected chi connectivity index (χ2v) is 5.69. The second kappa shape index (κ2) is 6.45. The first-order valence-corrected chi connectivity index (χ1v) is 7.95. The highest BCUT2D eigenvalue weighted by Gasteiger charge is 2.18. The van der Waals surface area contributed by atoms with Crippen molar-refractivity contribution >= 4 is 5.65 Å². The predicted octanol–water partition coefficient (Wildman–Crippen LogP) is 4.35. The molecule has 4 aromatic rings. The minimum Gasteiger partial charge on any atom is -0.378 e. The van der Waals surface area contributed by atoms with Crippen molar-refractivity contribution in [2.75, 3.05) is 7.11 Å². The summed E-state index contributed by atoms with van der Waals surface area (Å²) in [7, 11) is 1.65. The summed E-state index contributed by atoms with van der Waals surface area (Å²) in [6, 6.07) is 18.2. The SMILES string of the molecule is COCc1nn2c(-c3ccc(F)cc3)ccnc2c1-c1ccccc1. The van der Waals surface area contributed by atoms with Gasteiger partial charge in [0.2, 0.25) is 0 Å². The van der Waals surface area contributed by atoms with E-state index in [4.69, 9.17) is 9.84 Å². The average Bonchev–Trinajstić information content (AvgIpc) is 3.01. The zero-order valence-corrected chi connectivity index (χ0v) is 13.7. The van der Waals surface area contributed by atoms with E-state index in [0.29, 0.717) is 6.61 Å². The van der Waals surface area contributed by atoms with Gasteiger partial charge in [-0.05, 0) is 35.9 Å². The maximum absolute atomic E-state index is 13.3. The Labute approximate surface area is 144 Å². The van der Waals surface area contributed by atoms with E-state index >= 15 is 0 Å². The summed E-state index contributed by atoms with van der Waals surface area (Å²) in [6.07, 6.45) is 1.75. The van der Waals surface area contributed by atoms with Crippen molar-refractivity contribution in [1.82, 2.24) is 14.6 Å². The van der Waals surface area contributed by atoms with Crippen LogP contribution in [0.3, 0.4) is 0 Å². The second-order valence-electron chi connectivity index (χ2n) is 5.69. The van der Waals surface area contributed by atoms with Crippen LogP contribution < -0.4 is 0 Å². The molecule has 0 N–H and O–H groups in total. The lowest BCUT2D eigenvalue weighted by atomic mass is 10.1. The van der Waals surface area contributed by atoms with Gasteiger partial charge in [-0.2, -0.15) is 5.10 Å². The van der Waals surface area contributed by atoms with E-state index in [1.165, 1.54) is 12.1 Å². The zero-order chi connectivity index (χ0) is 17.2. The molecule has 0 bridgehead atoms. The number of methoxy groups -OCH3 is 1. The standard InChI is InChI=1S/C20H16FN3O/c1-25-13-17-19(15-5-3-2-4-6-15)20-22-12-11-18(24(20)23-17)14-7-9-16(21)10-8-14/h2-12H,13H2,1H3. The molecule has 124 valence electrons. The maximum Gasteiger partial charge on any atom is 0.163 e. The Morgan fingerprint density at radius 3 is 2.44 bits per heavy atom. The van der Waals surface area contributed by atoms with Gasteiger partial charge in [0.15, 0.2) is 5.65 Å². The van der Waals surface area contributed by atoms with E-state index in [9.17, 15) is 4.39 Å². The molecule has 0 amide bonds. The zero-order valence-electron chi connectivity index (χ0n) is 13.7. The molecule has 4 nitrogen and oxygen atoms in total. The first-order chi connectivity index (χ1) is 12.3. The van der Waals surface area contributed by atoms with E-state index in [0.717, 1.165) is 33.7 Å². The van der Waals surface area contributed by atoms with Gasteiger partial charge >= 0.3 is 0 Å². The quantitative estimate of drug-likeness (QED) is 0.557. The van der Waals surface area contributed by atoms with Gasteiger partial charge in [0.25, 0.3) is 0 Å². The van der Waals surface area contributed by atoms with Crippen molar-refractivity contribution in [3.05, 3.63) is 78.4 Å². The molecule has 0 spiro atoms. The Kier molecular flexibility index (Phi) is 3.99. The molecule has 0 aliphatic rings. The summed E-state index contributed by atoms with van der Waals surface area (Å²) in [5.74, 6) is -0.264. The molecule has 0 radical (unpaired) electrons. The molecule has 2 aromatic carbocycles. The maximum atomic E-state index is 13.3. The van der Waals surface area contributed by atoms with Crippen LogP contribution in [-0.2, 0) is 11.3 Å². The largest absolute Gasteiger partial charge is 0.378 e. The minimum absolute atomic E-state index is 0.264. The fraction of sp³-hybridized carbons (Fsp3) is 0.100. The Bertz CT molecular complexity index is 1010. The molecular weight excluding hydrogens is 317 g/mol. The molecule has 0 saturated carbocycles. The molecule has 0 aliphatic carbocycles. The van der Waals surface area contributed by atoms with Crippen molar-refractivity contribution in [1.29, 1.82) is 0 Å². The van der Waals surface area contributed by atoms with Gasteiger partial charge in [0, 0.05) is 18.9 Å². The number of hydrogen-bond donors (Lipinski definition) is 0. The summed E-state index contributed by atoms with van der Waals surface area (Å²) in [6.45, 7) is 0.385. The number of ether oxygens (including phenoxy) is 1. The number of hydrogen-bond acceptors (Lipinski definition) is 3. The van der Waals surface area contributed by atoms with Crippen LogP contribution in [0.15, 0.2) is 66.9 Å². The smallest absolute Gasteiger partial charge is 0.163 e. The Morgan fingerprint density at radius 2 is 1.72 bits per heavy atom. The lowest BCUT2D eigenvalue weighted by Gasteiger charge is -2.05. The van der Waals surface area contributed by atoms with E-state index in [1.54, 1.807) is 30.0 Å². The molecule has 0 saturated heterocycles. The number of aromatic nitrogens is 3. The number of fused-ring (bicyclic) bond motifs is 1. The molecule has 0 unspecified atom stereocenters. The average molecular weight is 333 g/mol. The fourth-order valence-electron chi connectivity index (χ4n) is 2.97. The lowest BCUT2D eigenvalue weighted by Crippen LogP contribution is -1.96. The monoisotopic (exact) mass is 333 g/mol. The van der Waals surface area contributed by atoms with Crippen LogP contribution in [-0.4, -0.2) is 21.7 Å². The van der Waals surface area contributed by atoms with Crippen LogP contribution in [0.25, 0.3) is 28.0 Å². The van der Waals surface area contributed by atoms with Gasteiger partial charge in [0.05, 0.1) is 23.6 Å². The van der Waals surface area contributed by atoms with Gasteiger partial charge in [0.1, 0.15) is 5.82 Å². The molecule has 2 heterocycles. The van der Waals surface area contributed by atoms with E-state index < -0.39 is 0 Å². The van der Waals surface area contributed by atoms with Crippen LogP contribution in [0.2, 0.25) is 0 Å². The third-order valence-electron chi connectivity index (χ3n) is 4.07. The third kappa shape index (κ3) is 2.79. The topological polar surface area (TPSA) is 39.4 Å².